The molecule has 2 rings (SSSR count). The van der Waals surface area contributed by atoms with Gasteiger partial charge in [-0.3, -0.25) is 0 Å². The van der Waals surface area contributed by atoms with Crippen LogP contribution in [0.25, 0.3) is 10.4 Å². The van der Waals surface area contributed by atoms with E-state index in [0.29, 0.717) is 0 Å². The highest BCUT2D eigenvalue weighted by molar-refractivity contribution is 7.06. The van der Waals surface area contributed by atoms with Crippen LogP contribution in [0.3, 0.4) is 0 Å². The summed E-state index contributed by atoms with van der Waals surface area (Å²) in [6, 6.07) is 8.70. The lowest BCUT2D eigenvalue weighted by atomic mass is 9.96. The van der Waals surface area contributed by atoms with Crippen molar-refractivity contribution in [2.24, 2.45) is 15.6 Å². The Kier molecular flexibility index (Phi) is 6.93. The summed E-state index contributed by atoms with van der Waals surface area (Å²) < 4.78 is 12.8. The fraction of sp³-hybridized carbons (Fsp3) is 0.727. The second kappa shape index (κ2) is 8.26. The van der Waals surface area contributed by atoms with Gasteiger partial charge < -0.3 is 13.0 Å². The molecule has 1 aliphatic heterocycles. The van der Waals surface area contributed by atoms with Crippen molar-refractivity contribution in [2.75, 3.05) is 22.2 Å². The first-order chi connectivity index (χ1) is 13.8. The van der Waals surface area contributed by atoms with Crippen LogP contribution < -0.4 is 9.13 Å². The second-order valence-corrected chi connectivity index (χ2v) is 27.1. The van der Waals surface area contributed by atoms with Gasteiger partial charge in [0.25, 0.3) is 0 Å². The van der Waals surface area contributed by atoms with Crippen LogP contribution in [0.15, 0.2) is 29.0 Å². The van der Waals surface area contributed by atoms with E-state index in [0.717, 1.165) is 13.1 Å². The zero-order chi connectivity index (χ0) is 24.0. The Hall–Kier alpha value is -1.26. The lowest BCUT2D eigenvalue weighted by molar-refractivity contribution is 0.417. The summed E-state index contributed by atoms with van der Waals surface area (Å²) >= 11 is 0. The van der Waals surface area contributed by atoms with Crippen LogP contribution in [0, 0.1) is 10.8 Å². The summed E-state index contributed by atoms with van der Waals surface area (Å²) in [7, 11) is -6.71. The number of rotatable bonds is 6. The molecule has 0 bridgehead atoms. The van der Waals surface area contributed by atoms with Crippen LogP contribution in [-0.2, 0) is 0 Å². The van der Waals surface area contributed by atoms with E-state index in [1.807, 2.05) is 0 Å². The van der Waals surface area contributed by atoms with Gasteiger partial charge in [0.2, 0.25) is 0 Å². The van der Waals surface area contributed by atoms with Gasteiger partial charge in [0.05, 0.1) is 11.4 Å². The SMILES string of the molecule is CC(C)(C)CN1c2ccccc2N(CC(C)(C)C)[Si]1(N=[N+]=[N-])N([Si](C)(C)C)[Si](C)(C)C. The summed E-state index contributed by atoms with van der Waals surface area (Å²) in [5.41, 5.74) is 12.6. The van der Waals surface area contributed by atoms with Crippen molar-refractivity contribution in [3.05, 3.63) is 34.7 Å². The first-order valence-corrected chi connectivity index (χ1v) is 20.0. The zero-order valence-electron chi connectivity index (χ0n) is 21.9. The topological polar surface area (TPSA) is 58.5 Å². The van der Waals surface area contributed by atoms with E-state index in [4.69, 9.17) is 4.78 Å². The van der Waals surface area contributed by atoms with E-state index in [1.165, 1.54) is 11.4 Å². The molecule has 0 aliphatic carbocycles. The van der Waals surface area contributed by atoms with E-state index in [-0.39, 0.29) is 10.8 Å². The van der Waals surface area contributed by atoms with E-state index in [2.05, 4.69) is 123 Å². The molecule has 0 aromatic heterocycles. The first kappa shape index (κ1) is 26.0. The van der Waals surface area contributed by atoms with Crippen molar-refractivity contribution in [3.8, 4) is 0 Å². The molecule has 0 atom stereocenters. The highest BCUT2D eigenvalue weighted by Crippen LogP contribution is 2.49. The number of hydrogen-bond acceptors (Lipinski definition) is 4. The summed E-state index contributed by atoms with van der Waals surface area (Å²) in [4.78, 5) is 3.59. The van der Waals surface area contributed by atoms with Crippen molar-refractivity contribution in [1.82, 2.24) is 3.90 Å². The van der Waals surface area contributed by atoms with Gasteiger partial charge in [-0.1, -0.05) is 97.7 Å². The number of azide groups is 1. The molecule has 0 fully saturated rings. The van der Waals surface area contributed by atoms with Gasteiger partial charge in [0.15, 0.2) is 0 Å². The van der Waals surface area contributed by atoms with Gasteiger partial charge in [0.1, 0.15) is 16.5 Å². The standard InChI is InChI=1S/C22H44N6Si3/c1-21(2,3)17-26-19-15-13-14-16-20(19)27(18-22(4,5)6)31(26,25-24-23)28(29(7,8)9)30(10,11)12/h13-16H,17-18H2,1-12H3. The number of hydrogen-bond donors (Lipinski definition) is 0. The van der Waals surface area contributed by atoms with Gasteiger partial charge in [-0.05, 0) is 28.5 Å². The minimum Gasteiger partial charge on any atom is -0.364 e. The Morgan fingerprint density at radius 1 is 0.839 bits per heavy atom. The number of anilines is 2. The third-order valence-corrected chi connectivity index (χ3v) is 21.0. The van der Waals surface area contributed by atoms with Gasteiger partial charge in [-0.2, -0.15) is 0 Å². The molecule has 0 amide bonds. The Morgan fingerprint density at radius 2 is 1.19 bits per heavy atom. The molecule has 6 nitrogen and oxygen atoms in total. The molecule has 0 N–H and O–H groups in total. The fourth-order valence-corrected chi connectivity index (χ4v) is 25.6. The minimum atomic E-state index is -2.98. The van der Waals surface area contributed by atoms with Crippen LogP contribution in [0.1, 0.15) is 41.5 Å². The van der Waals surface area contributed by atoms with Crippen molar-refractivity contribution in [1.29, 1.82) is 0 Å². The average molecular weight is 477 g/mol. The third-order valence-electron chi connectivity index (χ3n) is 5.27. The molecule has 0 unspecified atom stereocenters. The van der Waals surface area contributed by atoms with E-state index >= 15 is 0 Å². The lowest BCUT2D eigenvalue weighted by Gasteiger charge is -2.58. The quantitative estimate of drug-likeness (QED) is 0.190. The van der Waals surface area contributed by atoms with E-state index in [9.17, 15) is 5.53 Å². The fourth-order valence-electron chi connectivity index (χ4n) is 5.08. The number of nitrogens with zero attached hydrogens (tertiary/aromatic N) is 6. The van der Waals surface area contributed by atoms with Crippen LogP contribution in [0.5, 0.6) is 0 Å². The zero-order valence-corrected chi connectivity index (χ0v) is 24.9. The minimum absolute atomic E-state index is 0.0681. The summed E-state index contributed by atoms with van der Waals surface area (Å²) in [5.74, 6) is 0. The Bertz CT molecular complexity index is 782. The van der Waals surface area contributed by atoms with Crippen molar-refractivity contribution in [2.45, 2.75) is 80.8 Å². The maximum Gasteiger partial charge on any atom is 0.429 e. The molecule has 1 heterocycles. The van der Waals surface area contributed by atoms with Crippen molar-refractivity contribution >= 4 is 36.6 Å². The number of para-hydroxylation sites is 2. The second-order valence-electron chi connectivity index (χ2n) is 13.2. The molecule has 1 aliphatic rings. The van der Waals surface area contributed by atoms with E-state index in [1.54, 1.807) is 0 Å². The van der Waals surface area contributed by atoms with Gasteiger partial charge in [0, 0.05) is 18.0 Å². The molecule has 1 aromatic rings. The van der Waals surface area contributed by atoms with Gasteiger partial charge >= 0.3 is 8.72 Å². The maximum absolute atomic E-state index is 10.0. The number of fused-ring (bicyclic) bond motifs is 1. The largest absolute Gasteiger partial charge is 0.429 e. The molecular formula is C22H44N6Si3. The first-order valence-electron chi connectivity index (χ1n) is 11.4. The predicted octanol–water partition coefficient (Wildman–Crippen LogP) is 7.12. The lowest BCUT2D eigenvalue weighted by Crippen LogP contribution is -2.83. The Balaban J connectivity index is 3.00. The van der Waals surface area contributed by atoms with Gasteiger partial charge in [-0.15, -0.1) is 0 Å². The third kappa shape index (κ3) is 5.39. The highest BCUT2D eigenvalue weighted by atomic mass is 28.5. The number of benzene rings is 1. The maximum atomic E-state index is 10.0. The highest BCUT2D eigenvalue weighted by Gasteiger charge is 2.63. The summed E-state index contributed by atoms with van der Waals surface area (Å²) in [5, 5.41) is 0. The van der Waals surface area contributed by atoms with Crippen molar-refractivity contribution < 1.29 is 0 Å². The molecule has 9 heteroatoms. The summed E-state index contributed by atoms with van der Waals surface area (Å²) in [6.45, 7) is 29.9. The molecule has 0 radical (unpaired) electrons. The van der Waals surface area contributed by atoms with Crippen molar-refractivity contribution in [3.63, 3.8) is 0 Å². The molecule has 31 heavy (non-hydrogen) atoms. The smallest absolute Gasteiger partial charge is 0.364 e. The molecular weight excluding hydrogens is 433 g/mol. The molecule has 0 saturated heterocycles. The van der Waals surface area contributed by atoms with Crippen LogP contribution in [-0.4, -0.2) is 42.2 Å². The Labute approximate surface area is 193 Å². The van der Waals surface area contributed by atoms with Gasteiger partial charge in [-0.25, -0.2) is 0 Å². The van der Waals surface area contributed by atoms with Crippen LogP contribution >= 0.6 is 0 Å². The normalized spacial score (nSPS) is 17.1. The van der Waals surface area contributed by atoms with Crippen LogP contribution in [0.2, 0.25) is 39.3 Å². The molecule has 174 valence electrons. The predicted molar refractivity (Wildman–Crippen MR) is 143 cm³/mol. The van der Waals surface area contributed by atoms with Crippen LogP contribution in [0.4, 0.5) is 11.4 Å². The monoisotopic (exact) mass is 476 g/mol. The Morgan fingerprint density at radius 3 is 1.45 bits per heavy atom. The molecule has 0 saturated carbocycles. The van der Waals surface area contributed by atoms with E-state index < -0.39 is 25.2 Å². The summed E-state index contributed by atoms with van der Waals surface area (Å²) in [6.07, 6.45) is 0. The average Bonchev–Trinajstić information content (AvgIpc) is 2.74. The molecule has 1 aromatic carbocycles. The molecule has 0 spiro atoms.